The molecule has 0 radical (unpaired) electrons. The molecule has 1 aromatic carbocycles. The zero-order valence-electron chi connectivity index (χ0n) is 11.7. The topological polar surface area (TPSA) is 135 Å². The molecule has 1 aromatic rings. The summed E-state index contributed by atoms with van der Waals surface area (Å²) in [5.41, 5.74) is 16.7. The van der Waals surface area contributed by atoms with Crippen LogP contribution in [0.15, 0.2) is 28.4 Å². The summed E-state index contributed by atoms with van der Waals surface area (Å²) in [5.74, 6) is -1.57. The molecule has 0 aliphatic carbocycles. The van der Waals surface area contributed by atoms with Gasteiger partial charge in [0.2, 0.25) is 0 Å². The molecule has 2 aliphatic rings. The van der Waals surface area contributed by atoms with Gasteiger partial charge in [-0.3, -0.25) is 9.59 Å². The van der Waals surface area contributed by atoms with Crippen LogP contribution in [0.2, 0.25) is 0 Å². The second-order valence-electron chi connectivity index (χ2n) is 5.26. The lowest BCUT2D eigenvalue weighted by molar-refractivity contribution is -0.122. The minimum atomic E-state index is -2.42. The standard InChI is InChI=1S/C13H11N7O2/c1-7-5-6-8-3-2-4-9-10(8)20(7)12(22)13(11(9)21,16-18-14)17-19-15/h2-4,7H,5-6H2,1H3. The van der Waals surface area contributed by atoms with Crippen LogP contribution in [0.5, 0.6) is 0 Å². The molecule has 1 amide bonds. The minimum Gasteiger partial charge on any atom is -0.307 e. The third-order valence-corrected chi connectivity index (χ3v) is 4.09. The van der Waals surface area contributed by atoms with Gasteiger partial charge in [-0.25, -0.2) is 0 Å². The molecule has 1 unspecified atom stereocenters. The number of carbonyl (C=O) groups excluding carboxylic acids is 2. The second-order valence-corrected chi connectivity index (χ2v) is 5.26. The number of rotatable bonds is 2. The molecule has 22 heavy (non-hydrogen) atoms. The van der Waals surface area contributed by atoms with Gasteiger partial charge in [0.25, 0.3) is 11.6 Å². The molecule has 0 bridgehead atoms. The maximum atomic E-state index is 12.8. The van der Waals surface area contributed by atoms with Crippen LogP contribution in [0.25, 0.3) is 20.9 Å². The molecule has 0 saturated heterocycles. The Morgan fingerprint density at radius 1 is 1.27 bits per heavy atom. The van der Waals surface area contributed by atoms with Crippen LogP contribution in [-0.4, -0.2) is 23.4 Å². The lowest BCUT2D eigenvalue weighted by Gasteiger charge is -2.43. The number of para-hydroxylation sites is 1. The molecule has 9 nitrogen and oxygen atoms in total. The van der Waals surface area contributed by atoms with Crippen LogP contribution >= 0.6 is 0 Å². The van der Waals surface area contributed by atoms with Crippen LogP contribution in [0.1, 0.15) is 29.3 Å². The average molecular weight is 297 g/mol. The van der Waals surface area contributed by atoms with Crippen molar-refractivity contribution in [2.75, 3.05) is 4.90 Å². The smallest absolute Gasteiger partial charge is 0.267 e. The summed E-state index contributed by atoms with van der Waals surface area (Å²) in [6.07, 6.45) is 1.45. The Bertz CT molecular complexity index is 772. The first-order chi connectivity index (χ1) is 10.6. The SMILES string of the molecule is CC1CCc2cccc3c2N1C(=O)C(N=[N+]=[N-])(N=[N+]=[N-])C3=O. The maximum Gasteiger partial charge on any atom is 0.267 e. The summed E-state index contributed by atoms with van der Waals surface area (Å²) in [7, 11) is 0. The van der Waals surface area contributed by atoms with Crippen LogP contribution in [0.3, 0.4) is 0 Å². The second kappa shape index (κ2) is 4.77. The molecule has 0 spiro atoms. The number of azide groups is 1. The van der Waals surface area contributed by atoms with E-state index < -0.39 is 17.4 Å². The molecule has 0 saturated carbocycles. The number of anilines is 1. The fourth-order valence-electron chi connectivity index (χ4n) is 3.06. The predicted molar refractivity (Wildman–Crippen MR) is 77.1 cm³/mol. The Kier molecular flexibility index (Phi) is 3.02. The molecule has 0 aromatic heterocycles. The highest BCUT2D eigenvalue weighted by Gasteiger charge is 2.54. The van der Waals surface area contributed by atoms with E-state index in [9.17, 15) is 9.59 Å². The van der Waals surface area contributed by atoms with Gasteiger partial charge in [0.1, 0.15) is 0 Å². The van der Waals surface area contributed by atoms with Crippen molar-refractivity contribution in [1.29, 1.82) is 0 Å². The molecule has 9 heteroatoms. The van der Waals surface area contributed by atoms with Crippen molar-refractivity contribution < 1.29 is 9.59 Å². The lowest BCUT2D eigenvalue weighted by Crippen LogP contribution is -2.59. The van der Waals surface area contributed by atoms with Gasteiger partial charge in [-0.05, 0) is 42.5 Å². The number of Topliss-reactive ketones (excluding diaryl/α,β-unsaturated/α-hetero) is 1. The van der Waals surface area contributed by atoms with Crippen LogP contribution in [-0.2, 0) is 11.2 Å². The maximum absolute atomic E-state index is 12.8. The monoisotopic (exact) mass is 297 g/mol. The lowest BCUT2D eigenvalue weighted by atomic mass is 9.84. The number of amides is 1. The van der Waals surface area contributed by atoms with E-state index in [4.69, 9.17) is 11.1 Å². The van der Waals surface area contributed by atoms with Gasteiger partial charge in [0.05, 0.1) is 5.69 Å². The normalized spacial score (nSPS) is 25.9. The Labute approximate surface area is 124 Å². The zero-order valence-corrected chi connectivity index (χ0v) is 11.7. The van der Waals surface area contributed by atoms with Gasteiger partial charge >= 0.3 is 0 Å². The molecular formula is C13H11N7O2. The summed E-state index contributed by atoms with van der Waals surface area (Å²) >= 11 is 0. The van der Waals surface area contributed by atoms with E-state index >= 15 is 0 Å². The van der Waals surface area contributed by atoms with Crippen LogP contribution in [0, 0.1) is 0 Å². The fraction of sp³-hybridized carbons (Fsp3) is 0.385. The number of hydrogen-bond acceptors (Lipinski definition) is 4. The van der Waals surface area contributed by atoms with E-state index in [1.807, 2.05) is 13.0 Å². The van der Waals surface area contributed by atoms with Crippen molar-refractivity contribution in [3.63, 3.8) is 0 Å². The first-order valence-electron chi connectivity index (χ1n) is 6.69. The molecule has 2 heterocycles. The number of hydrogen-bond donors (Lipinski definition) is 0. The predicted octanol–water partition coefficient (Wildman–Crippen LogP) is 2.87. The van der Waals surface area contributed by atoms with Crippen LogP contribution in [0.4, 0.5) is 5.69 Å². The third kappa shape index (κ3) is 1.60. The highest BCUT2D eigenvalue weighted by atomic mass is 16.2. The van der Waals surface area contributed by atoms with E-state index in [0.29, 0.717) is 12.1 Å². The molecule has 110 valence electrons. The molecular weight excluding hydrogens is 286 g/mol. The third-order valence-electron chi connectivity index (χ3n) is 4.09. The average Bonchev–Trinajstić information content (AvgIpc) is 2.51. The molecule has 1 atom stereocenters. The van der Waals surface area contributed by atoms with Crippen molar-refractivity contribution in [1.82, 2.24) is 0 Å². The van der Waals surface area contributed by atoms with Gasteiger partial charge in [0, 0.05) is 21.4 Å². The Morgan fingerprint density at radius 3 is 2.59 bits per heavy atom. The summed E-state index contributed by atoms with van der Waals surface area (Å²) in [6, 6.07) is 4.92. The largest absolute Gasteiger partial charge is 0.307 e. The summed E-state index contributed by atoms with van der Waals surface area (Å²) in [6.45, 7) is 1.84. The molecule has 3 rings (SSSR count). The van der Waals surface area contributed by atoms with Gasteiger partial charge in [-0.15, -0.1) is 0 Å². The molecule has 0 fully saturated rings. The van der Waals surface area contributed by atoms with Gasteiger partial charge in [0.15, 0.2) is 5.78 Å². The van der Waals surface area contributed by atoms with Crippen molar-refractivity contribution >= 4 is 17.4 Å². The molecule has 2 aliphatic heterocycles. The summed E-state index contributed by atoms with van der Waals surface area (Å²) in [4.78, 5) is 32.0. The van der Waals surface area contributed by atoms with Gasteiger partial charge in [-0.1, -0.05) is 22.4 Å². The van der Waals surface area contributed by atoms with Crippen LogP contribution < -0.4 is 4.90 Å². The van der Waals surface area contributed by atoms with E-state index in [1.165, 1.54) is 4.90 Å². The quantitative estimate of drug-likeness (QED) is 0.359. The Morgan fingerprint density at radius 2 is 1.95 bits per heavy atom. The van der Waals surface area contributed by atoms with Crippen molar-refractivity contribution in [2.45, 2.75) is 31.5 Å². The Balaban J connectivity index is 2.37. The Hall–Kier alpha value is -3.02. The van der Waals surface area contributed by atoms with E-state index in [2.05, 4.69) is 20.1 Å². The number of carbonyl (C=O) groups is 2. The first kappa shape index (κ1) is 13.9. The number of nitrogens with zero attached hydrogens (tertiary/aromatic N) is 7. The van der Waals surface area contributed by atoms with Gasteiger partial charge < -0.3 is 4.90 Å². The number of ketones is 1. The van der Waals surface area contributed by atoms with E-state index in [0.717, 1.165) is 12.0 Å². The summed E-state index contributed by atoms with van der Waals surface area (Å²) < 4.78 is 0. The fourth-order valence-corrected chi connectivity index (χ4v) is 3.06. The first-order valence-corrected chi connectivity index (χ1v) is 6.69. The van der Waals surface area contributed by atoms with E-state index in [1.54, 1.807) is 12.1 Å². The number of aryl methyl sites for hydroxylation is 1. The van der Waals surface area contributed by atoms with Crippen molar-refractivity contribution in [2.24, 2.45) is 10.2 Å². The number of benzene rings is 1. The minimum absolute atomic E-state index is 0.184. The zero-order chi connectivity index (χ0) is 15.9. The highest BCUT2D eigenvalue weighted by Crippen LogP contribution is 2.42. The van der Waals surface area contributed by atoms with Crippen molar-refractivity contribution in [3.05, 3.63) is 50.2 Å². The summed E-state index contributed by atoms with van der Waals surface area (Å²) in [5, 5.41) is 6.54. The van der Waals surface area contributed by atoms with Crippen molar-refractivity contribution in [3.8, 4) is 0 Å². The molecule has 0 N–H and O–H groups in total. The van der Waals surface area contributed by atoms with Gasteiger partial charge in [-0.2, -0.15) is 0 Å². The van der Waals surface area contributed by atoms with E-state index in [-0.39, 0.29) is 11.6 Å². The highest BCUT2D eigenvalue weighted by molar-refractivity contribution is 6.28.